The lowest BCUT2D eigenvalue weighted by molar-refractivity contribution is -0.124. The average molecular weight is 870 g/mol. The summed E-state index contributed by atoms with van der Waals surface area (Å²) in [4.78, 5) is 12.5. The molecule has 0 aromatic heterocycles. The summed E-state index contributed by atoms with van der Waals surface area (Å²) in [5.74, 6) is -0.331. The third-order valence-corrected chi connectivity index (χ3v) is 12.6. The highest BCUT2D eigenvalue weighted by atomic mass is 16.3. The number of aliphatic hydroxyl groups excluding tert-OH is 3. The molecule has 62 heavy (non-hydrogen) atoms. The monoisotopic (exact) mass is 870 g/mol. The van der Waals surface area contributed by atoms with Gasteiger partial charge in [0.1, 0.15) is 0 Å². The highest BCUT2D eigenvalue weighted by Gasteiger charge is 2.20. The van der Waals surface area contributed by atoms with E-state index < -0.39 is 18.2 Å². The third-order valence-electron chi connectivity index (χ3n) is 12.6. The third kappa shape index (κ3) is 47.8. The van der Waals surface area contributed by atoms with Gasteiger partial charge in [0.05, 0.1) is 31.3 Å². The Morgan fingerprint density at radius 2 is 0.694 bits per heavy atom. The van der Waals surface area contributed by atoms with E-state index >= 15 is 0 Å². The van der Waals surface area contributed by atoms with Gasteiger partial charge in [0.25, 0.3) is 0 Å². The molecule has 0 heterocycles. The quantitative estimate of drug-likeness (QED) is 0.0362. The fourth-order valence-electron chi connectivity index (χ4n) is 8.37. The van der Waals surface area contributed by atoms with Crippen molar-refractivity contribution in [1.82, 2.24) is 5.32 Å². The van der Waals surface area contributed by atoms with Crippen LogP contribution in [0, 0.1) is 0 Å². The van der Waals surface area contributed by atoms with Gasteiger partial charge in [-0.2, -0.15) is 0 Å². The van der Waals surface area contributed by atoms with E-state index in [1.807, 2.05) is 6.08 Å². The Hall–Kier alpha value is -1.69. The van der Waals surface area contributed by atoms with Crippen molar-refractivity contribution in [3.05, 3.63) is 48.6 Å². The summed E-state index contributed by atoms with van der Waals surface area (Å²) < 4.78 is 0. The van der Waals surface area contributed by atoms with Crippen molar-refractivity contribution in [2.24, 2.45) is 0 Å². The fourth-order valence-corrected chi connectivity index (χ4v) is 8.37. The highest BCUT2D eigenvalue weighted by Crippen LogP contribution is 2.16. The molecule has 0 bridgehead atoms. The SMILES string of the molecule is CCCCCCCCCCCCCC/C=C\CCCCCCCCC(O)CC(=O)NC(CO)C(O)/C=C/CC/C=C/CC/C=C/CCCCCCCCCCCCCCCCC. The maximum atomic E-state index is 12.5. The number of aliphatic hydroxyl groups is 3. The zero-order chi connectivity index (χ0) is 45.1. The van der Waals surface area contributed by atoms with E-state index in [4.69, 9.17) is 0 Å². The minimum Gasteiger partial charge on any atom is -0.394 e. The zero-order valence-electron chi connectivity index (χ0n) is 41.5. The molecule has 0 radical (unpaired) electrons. The Morgan fingerprint density at radius 3 is 1.03 bits per heavy atom. The van der Waals surface area contributed by atoms with E-state index in [1.165, 1.54) is 218 Å². The lowest BCUT2D eigenvalue weighted by Crippen LogP contribution is -2.45. The smallest absolute Gasteiger partial charge is 0.222 e. The largest absolute Gasteiger partial charge is 0.394 e. The van der Waals surface area contributed by atoms with E-state index in [-0.39, 0.29) is 18.9 Å². The first-order valence-corrected chi connectivity index (χ1v) is 27.4. The van der Waals surface area contributed by atoms with Crippen molar-refractivity contribution in [3.8, 4) is 0 Å². The number of carbonyl (C=O) groups is 1. The van der Waals surface area contributed by atoms with Gasteiger partial charge < -0.3 is 20.6 Å². The van der Waals surface area contributed by atoms with Gasteiger partial charge in [-0.25, -0.2) is 0 Å². The first-order valence-electron chi connectivity index (χ1n) is 27.4. The van der Waals surface area contributed by atoms with Crippen molar-refractivity contribution in [3.63, 3.8) is 0 Å². The Morgan fingerprint density at radius 1 is 0.403 bits per heavy atom. The van der Waals surface area contributed by atoms with Gasteiger partial charge in [0, 0.05) is 0 Å². The van der Waals surface area contributed by atoms with Crippen LogP contribution in [0.15, 0.2) is 48.6 Å². The molecule has 5 nitrogen and oxygen atoms in total. The van der Waals surface area contributed by atoms with Crippen molar-refractivity contribution in [2.45, 2.75) is 302 Å². The molecule has 0 rings (SSSR count). The second-order valence-electron chi connectivity index (χ2n) is 18.8. The molecule has 4 N–H and O–H groups in total. The highest BCUT2D eigenvalue weighted by molar-refractivity contribution is 5.76. The molecular weight excluding hydrogens is 763 g/mol. The summed E-state index contributed by atoms with van der Waals surface area (Å²) in [6.07, 6.45) is 68.7. The number of carbonyl (C=O) groups excluding carboxylic acids is 1. The van der Waals surface area contributed by atoms with Crippen LogP contribution < -0.4 is 5.32 Å². The minimum absolute atomic E-state index is 0.00197. The molecule has 3 unspecified atom stereocenters. The van der Waals surface area contributed by atoms with Crippen LogP contribution in [0.1, 0.15) is 284 Å². The van der Waals surface area contributed by atoms with Crippen LogP contribution in [0.4, 0.5) is 0 Å². The standard InChI is InChI=1S/C57H107NO4/c1-3-5-7-9-11-13-15-17-19-21-23-25-27-28-29-31-33-35-37-39-41-43-45-47-49-51-56(61)55(53-59)58-57(62)52-54(60)50-48-46-44-42-40-38-36-34-32-30-26-24-22-20-18-16-14-12-10-8-6-4-2/h32-35,41,43,49,51,54-56,59-61H,3-31,36-40,42,44-48,50,52-53H2,1-2H3,(H,58,62)/b34-32-,35-33+,43-41+,51-49+. The molecule has 0 aromatic rings. The molecule has 0 saturated carbocycles. The van der Waals surface area contributed by atoms with E-state index in [0.29, 0.717) is 6.42 Å². The van der Waals surface area contributed by atoms with Gasteiger partial charge in [0.15, 0.2) is 0 Å². The lowest BCUT2D eigenvalue weighted by Gasteiger charge is -2.21. The van der Waals surface area contributed by atoms with Crippen molar-refractivity contribution < 1.29 is 20.1 Å². The fraction of sp³-hybridized carbons (Fsp3) is 0.842. The molecule has 0 fully saturated rings. The molecule has 0 aliphatic rings. The van der Waals surface area contributed by atoms with E-state index in [2.05, 4.69) is 55.6 Å². The topological polar surface area (TPSA) is 89.8 Å². The molecule has 3 atom stereocenters. The van der Waals surface area contributed by atoms with Gasteiger partial charge in [0.2, 0.25) is 5.91 Å². The van der Waals surface area contributed by atoms with Crippen LogP contribution in [0.2, 0.25) is 0 Å². The number of unbranched alkanes of at least 4 members (excludes halogenated alkanes) is 35. The summed E-state index contributed by atoms with van der Waals surface area (Å²) in [6.45, 7) is 4.22. The second-order valence-corrected chi connectivity index (χ2v) is 18.8. The first kappa shape index (κ1) is 60.3. The van der Waals surface area contributed by atoms with Crippen LogP contribution in [0.3, 0.4) is 0 Å². The van der Waals surface area contributed by atoms with Crippen LogP contribution >= 0.6 is 0 Å². The van der Waals surface area contributed by atoms with Gasteiger partial charge in [-0.1, -0.05) is 255 Å². The number of hydrogen-bond acceptors (Lipinski definition) is 4. The summed E-state index contributed by atoms with van der Waals surface area (Å²) in [5.41, 5.74) is 0. The minimum atomic E-state index is -0.963. The second kappa shape index (κ2) is 51.9. The predicted molar refractivity (Wildman–Crippen MR) is 273 cm³/mol. The van der Waals surface area contributed by atoms with Crippen LogP contribution in [-0.2, 0) is 4.79 Å². The first-order chi connectivity index (χ1) is 30.5. The number of hydrogen-bond donors (Lipinski definition) is 4. The molecule has 0 saturated heterocycles. The van der Waals surface area contributed by atoms with Crippen molar-refractivity contribution >= 4 is 5.91 Å². The molecule has 0 spiro atoms. The molecule has 0 aromatic carbocycles. The lowest BCUT2D eigenvalue weighted by atomic mass is 10.0. The van der Waals surface area contributed by atoms with Crippen molar-refractivity contribution in [1.29, 1.82) is 0 Å². The zero-order valence-corrected chi connectivity index (χ0v) is 41.5. The van der Waals surface area contributed by atoms with Crippen molar-refractivity contribution in [2.75, 3.05) is 6.61 Å². The van der Waals surface area contributed by atoms with Gasteiger partial charge in [-0.15, -0.1) is 0 Å². The van der Waals surface area contributed by atoms with Crippen LogP contribution in [0.25, 0.3) is 0 Å². The molecule has 0 aliphatic carbocycles. The summed E-state index contributed by atoms with van der Waals surface area (Å²) >= 11 is 0. The maximum Gasteiger partial charge on any atom is 0.222 e. The van der Waals surface area contributed by atoms with E-state index in [1.54, 1.807) is 6.08 Å². The molecule has 5 heteroatoms. The van der Waals surface area contributed by atoms with Gasteiger partial charge >= 0.3 is 0 Å². The average Bonchev–Trinajstić information content (AvgIpc) is 3.27. The van der Waals surface area contributed by atoms with Crippen LogP contribution in [0.5, 0.6) is 0 Å². The van der Waals surface area contributed by atoms with Crippen LogP contribution in [-0.4, -0.2) is 46.1 Å². The molecule has 0 aliphatic heterocycles. The Balaban J connectivity index is 3.66. The Kier molecular flexibility index (Phi) is 50.5. The Labute approximate surface area is 387 Å². The summed E-state index contributed by atoms with van der Waals surface area (Å²) in [7, 11) is 0. The number of allylic oxidation sites excluding steroid dienone is 7. The Bertz CT molecular complexity index is 1000. The maximum absolute atomic E-state index is 12.5. The number of nitrogens with one attached hydrogen (secondary N) is 1. The summed E-state index contributed by atoms with van der Waals surface area (Å²) in [5, 5.41) is 33.4. The molecule has 1 amide bonds. The van der Waals surface area contributed by atoms with Gasteiger partial charge in [-0.3, -0.25) is 4.79 Å². The molecular formula is C57H107NO4. The number of amides is 1. The predicted octanol–water partition coefficient (Wildman–Crippen LogP) is 16.8. The summed E-state index contributed by atoms with van der Waals surface area (Å²) in [6, 6.07) is -0.771. The van der Waals surface area contributed by atoms with E-state index in [0.717, 1.165) is 38.5 Å². The molecule has 364 valence electrons. The van der Waals surface area contributed by atoms with E-state index in [9.17, 15) is 20.1 Å². The number of rotatable bonds is 50. The van der Waals surface area contributed by atoms with Gasteiger partial charge in [-0.05, 0) is 70.6 Å². The normalized spacial score (nSPS) is 13.7.